The monoisotopic (exact) mass is 535 g/mol. The number of thioether (sulfide) groups is 1. The van der Waals surface area contributed by atoms with Crippen LogP contribution in [0.1, 0.15) is 33.8 Å². The molecule has 5 nitrogen and oxygen atoms in total. The molecule has 0 unspecified atom stereocenters. The number of carbonyl (C=O) groups excluding carboxylic acids is 2. The van der Waals surface area contributed by atoms with Crippen LogP contribution >= 0.6 is 27.7 Å². The molecule has 0 aliphatic carbocycles. The quantitative estimate of drug-likeness (QED) is 0.388. The molecule has 0 saturated heterocycles. The van der Waals surface area contributed by atoms with Gasteiger partial charge in [0.05, 0.1) is 19.1 Å². The van der Waals surface area contributed by atoms with E-state index < -0.39 is 4.75 Å². The molecule has 34 heavy (non-hydrogen) atoms. The van der Waals surface area contributed by atoms with Crippen LogP contribution in [-0.4, -0.2) is 25.9 Å². The Morgan fingerprint density at radius 2 is 1.65 bits per heavy atom. The van der Waals surface area contributed by atoms with E-state index in [1.165, 1.54) is 11.8 Å². The van der Waals surface area contributed by atoms with Gasteiger partial charge in [-0.1, -0.05) is 52.0 Å². The number of ether oxygens (including phenoxy) is 2. The van der Waals surface area contributed by atoms with Crippen molar-refractivity contribution in [1.29, 1.82) is 0 Å². The number of amides is 1. The number of halogens is 1. The molecule has 2 aliphatic heterocycles. The van der Waals surface area contributed by atoms with Gasteiger partial charge in [0.2, 0.25) is 5.91 Å². The van der Waals surface area contributed by atoms with Crippen molar-refractivity contribution >= 4 is 45.1 Å². The summed E-state index contributed by atoms with van der Waals surface area (Å²) >= 11 is 5.02. The standard InChI is InChI=1S/C27H22BrNO4S/c1-32-18-10-6-16(7-11-18)20-14-15-23(25(30)17-8-12-19(33-2)13-9-17)34-27(20)24-21(28)4-3-5-22(24)29-26(27)31/h3-13,15,20H,14H2,1-2H3,(H,29,31)/t20-,27-/m0/s1. The first-order valence-corrected chi connectivity index (χ1v) is 12.4. The molecule has 2 aliphatic rings. The molecule has 0 saturated carbocycles. The predicted octanol–water partition coefficient (Wildman–Crippen LogP) is 6.30. The lowest BCUT2D eigenvalue weighted by atomic mass is 9.78. The van der Waals surface area contributed by atoms with Crippen LogP contribution in [0.4, 0.5) is 5.69 Å². The smallest absolute Gasteiger partial charge is 0.246 e. The van der Waals surface area contributed by atoms with E-state index in [1.54, 1.807) is 38.5 Å². The van der Waals surface area contributed by atoms with Crippen LogP contribution in [-0.2, 0) is 9.54 Å². The SMILES string of the molecule is COc1ccc(C(=O)C2=CC[C@@H](c3ccc(OC)cc3)[C@@]3(S2)C(=O)Nc2cccc(Br)c23)cc1. The minimum absolute atomic E-state index is 0.103. The summed E-state index contributed by atoms with van der Waals surface area (Å²) in [6.07, 6.45) is 2.50. The summed E-state index contributed by atoms with van der Waals surface area (Å²) in [7, 11) is 3.22. The fourth-order valence-corrected chi connectivity index (χ4v) is 7.06. The minimum Gasteiger partial charge on any atom is -0.497 e. The van der Waals surface area contributed by atoms with E-state index in [0.717, 1.165) is 27.0 Å². The van der Waals surface area contributed by atoms with Crippen LogP contribution in [0, 0.1) is 0 Å². The third kappa shape index (κ3) is 3.63. The number of benzene rings is 3. The topological polar surface area (TPSA) is 64.6 Å². The minimum atomic E-state index is -0.990. The van der Waals surface area contributed by atoms with Crippen LogP contribution in [0.3, 0.4) is 0 Å². The van der Waals surface area contributed by atoms with Crippen molar-refractivity contribution in [2.24, 2.45) is 0 Å². The van der Waals surface area contributed by atoms with Crippen molar-refractivity contribution < 1.29 is 19.1 Å². The van der Waals surface area contributed by atoms with Crippen molar-refractivity contribution in [1.82, 2.24) is 0 Å². The van der Waals surface area contributed by atoms with Gasteiger partial charge in [-0.05, 0) is 60.5 Å². The van der Waals surface area contributed by atoms with E-state index in [9.17, 15) is 9.59 Å². The molecule has 5 rings (SSSR count). The zero-order valence-corrected chi connectivity index (χ0v) is 21.0. The summed E-state index contributed by atoms with van der Waals surface area (Å²) in [5.74, 6) is 1.05. The first-order chi connectivity index (χ1) is 16.5. The molecule has 0 radical (unpaired) electrons. The van der Waals surface area contributed by atoms with Gasteiger partial charge >= 0.3 is 0 Å². The van der Waals surface area contributed by atoms with Crippen molar-refractivity contribution in [3.8, 4) is 11.5 Å². The third-order valence-electron chi connectivity index (χ3n) is 6.37. The molecule has 1 N–H and O–H groups in total. The van der Waals surface area contributed by atoms with E-state index in [0.29, 0.717) is 22.6 Å². The van der Waals surface area contributed by atoms with Gasteiger partial charge in [0.15, 0.2) is 5.78 Å². The van der Waals surface area contributed by atoms with Gasteiger partial charge in [0, 0.05) is 27.2 Å². The largest absolute Gasteiger partial charge is 0.497 e. The zero-order chi connectivity index (χ0) is 23.9. The number of carbonyl (C=O) groups is 2. The van der Waals surface area contributed by atoms with Gasteiger partial charge in [-0.15, -0.1) is 0 Å². The summed E-state index contributed by atoms with van der Waals surface area (Å²) in [4.78, 5) is 27.8. The number of fused-ring (bicyclic) bond motifs is 2. The number of ketones is 1. The lowest BCUT2D eigenvalue weighted by molar-refractivity contribution is -0.118. The summed E-state index contributed by atoms with van der Waals surface area (Å²) in [5, 5.41) is 3.07. The Kier molecular flexibility index (Phi) is 6.00. The molecule has 7 heteroatoms. The lowest BCUT2D eigenvalue weighted by Crippen LogP contribution is -2.40. The highest BCUT2D eigenvalue weighted by Crippen LogP contribution is 2.61. The van der Waals surface area contributed by atoms with Crippen LogP contribution < -0.4 is 14.8 Å². The molecule has 3 aromatic carbocycles. The molecule has 0 fully saturated rings. The van der Waals surface area contributed by atoms with Crippen LogP contribution in [0.2, 0.25) is 0 Å². The average Bonchev–Trinajstić information content (AvgIpc) is 3.15. The summed E-state index contributed by atoms with van der Waals surface area (Å²) in [6.45, 7) is 0. The zero-order valence-electron chi connectivity index (χ0n) is 18.6. The Hall–Kier alpha value is -3.03. The van der Waals surface area contributed by atoms with Crippen molar-refractivity contribution in [2.45, 2.75) is 17.1 Å². The predicted molar refractivity (Wildman–Crippen MR) is 138 cm³/mol. The molecule has 0 bridgehead atoms. The molecular formula is C27H22BrNO4S. The highest BCUT2D eigenvalue weighted by Gasteiger charge is 2.56. The lowest BCUT2D eigenvalue weighted by Gasteiger charge is -2.39. The van der Waals surface area contributed by atoms with E-state index >= 15 is 0 Å². The average molecular weight is 536 g/mol. The molecule has 3 aromatic rings. The Labute approximate surface area is 210 Å². The van der Waals surface area contributed by atoms with Gasteiger partial charge in [-0.3, -0.25) is 9.59 Å². The Morgan fingerprint density at radius 3 is 2.29 bits per heavy atom. The van der Waals surface area contributed by atoms with E-state index in [-0.39, 0.29) is 17.6 Å². The number of allylic oxidation sites excluding steroid dienone is 2. The number of hydrogen-bond donors (Lipinski definition) is 1. The number of nitrogens with one attached hydrogen (secondary N) is 1. The molecular weight excluding hydrogens is 514 g/mol. The molecule has 1 amide bonds. The second-order valence-corrected chi connectivity index (χ2v) is 10.3. The van der Waals surface area contributed by atoms with Gasteiger partial charge in [0.1, 0.15) is 16.2 Å². The second kappa shape index (κ2) is 8.96. The van der Waals surface area contributed by atoms with Crippen LogP contribution in [0.25, 0.3) is 0 Å². The van der Waals surface area contributed by atoms with Gasteiger partial charge in [0.25, 0.3) is 0 Å². The first-order valence-electron chi connectivity index (χ1n) is 10.8. The van der Waals surface area contributed by atoms with Crippen LogP contribution in [0.5, 0.6) is 11.5 Å². The summed E-state index contributed by atoms with van der Waals surface area (Å²) in [5.41, 5.74) is 3.21. The Bertz CT molecular complexity index is 1300. The van der Waals surface area contributed by atoms with Gasteiger partial charge in [-0.25, -0.2) is 0 Å². The number of hydrogen-bond acceptors (Lipinski definition) is 5. The highest BCUT2D eigenvalue weighted by molar-refractivity contribution is 9.10. The van der Waals surface area contributed by atoms with Crippen molar-refractivity contribution in [3.05, 3.63) is 98.9 Å². The van der Waals surface area contributed by atoms with Crippen molar-refractivity contribution in [3.63, 3.8) is 0 Å². The number of rotatable bonds is 5. The number of anilines is 1. The number of Topliss-reactive ketones (excluding diaryl/α,β-unsaturated/α-hetero) is 1. The number of methoxy groups -OCH3 is 2. The van der Waals surface area contributed by atoms with Crippen molar-refractivity contribution in [2.75, 3.05) is 19.5 Å². The molecule has 2 heterocycles. The molecule has 1 spiro atoms. The maximum Gasteiger partial charge on any atom is 0.246 e. The fraction of sp³-hybridized carbons (Fsp3) is 0.185. The normalized spacial score (nSPS) is 21.0. The first kappa shape index (κ1) is 22.7. The maximum absolute atomic E-state index is 13.7. The van der Waals surface area contributed by atoms with Gasteiger partial charge < -0.3 is 14.8 Å². The molecule has 0 aromatic heterocycles. The fourth-order valence-electron chi connectivity index (χ4n) is 4.67. The van der Waals surface area contributed by atoms with Gasteiger partial charge in [-0.2, -0.15) is 0 Å². The Balaban J connectivity index is 1.62. The van der Waals surface area contributed by atoms with E-state index in [4.69, 9.17) is 9.47 Å². The van der Waals surface area contributed by atoms with E-state index in [1.807, 2.05) is 48.5 Å². The van der Waals surface area contributed by atoms with Crippen LogP contribution in [0.15, 0.2) is 82.2 Å². The molecule has 2 atom stereocenters. The molecule has 172 valence electrons. The Morgan fingerprint density at radius 1 is 1.00 bits per heavy atom. The summed E-state index contributed by atoms with van der Waals surface area (Å²) in [6, 6.07) is 20.6. The second-order valence-electron chi connectivity index (χ2n) is 8.14. The van der Waals surface area contributed by atoms with E-state index in [2.05, 4.69) is 21.2 Å². The maximum atomic E-state index is 13.7. The highest BCUT2D eigenvalue weighted by atomic mass is 79.9. The third-order valence-corrected chi connectivity index (χ3v) is 8.59. The summed E-state index contributed by atoms with van der Waals surface area (Å²) < 4.78 is 10.4.